The van der Waals surface area contributed by atoms with Crippen molar-refractivity contribution in [1.82, 2.24) is 4.90 Å². The van der Waals surface area contributed by atoms with Gasteiger partial charge < -0.3 is 9.80 Å². The molecule has 1 saturated heterocycles. The molecule has 2 aliphatic rings. The fraction of sp³-hybridized carbons (Fsp3) is 0.300. The second kappa shape index (κ2) is 6.52. The highest BCUT2D eigenvalue weighted by Gasteiger charge is 2.24. The molecule has 2 aromatic carbocycles. The van der Waals surface area contributed by atoms with E-state index in [2.05, 4.69) is 11.0 Å². The Balaban J connectivity index is 1.43. The second-order valence-electron chi connectivity index (χ2n) is 6.55. The summed E-state index contributed by atoms with van der Waals surface area (Å²) in [6.45, 7) is 2.95. The van der Waals surface area contributed by atoms with Crippen LogP contribution in [0.15, 0.2) is 42.5 Å². The molecule has 128 valence electrons. The highest BCUT2D eigenvalue weighted by Crippen LogP contribution is 2.27. The van der Waals surface area contributed by atoms with Crippen LogP contribution in [0.25, 0.3) is 0 Å². The van der Waals surface area contributed by atoms with Crippen LogP contribution in [0.5, 0.6) is 0 Å². The van der Waals surface area contributed by atoms with Gasteiger partial charge in [-0.3, -0.25) is 9.59 Å². The van der Waals surface area contributed by atoms with E-state index < -0.39 is 0 Å². The number of halogens is 1. The molecule has 0 aromatic heterocycles. The quantitative estimate of drug-likeness (QED) is 0.829. The zero-order chi connectivity index (χ0) is 17.4. The molecule has 1 fully saturated rings. The van der Waals surface area contributed by atoms with Gasteiger partial charge >= 0.3 is 0 Å². The summed E-state index contributed by atoms with van der Waals surface area (Å²) in [4.78, 5) is 28.5. The minimum Gasteiger partial charge on any atom is -0.368 e. The Kier molecular flexibility index (Phi) is 4.22. The number of piperazine rings is 1. The van der Waals surface area contributed by atoms with Crippen LogP contribution in [0, 0.1) is 0 Å². The third-order valence-electron chi connectivity index (χ3n) is 5.01. The van der Waals surface area contributed by atoms with E-state index in [0.29, 0.717) is 30.1 Å². The molecule has 1 aliphatic carbocycles. The number of carbonyl (C=O) groups is 2. The van der Waals surface area contributed by atoms with Crippen molar-refractivity contribution in [3.05, 3.63) is 64.2 Å². The zero-order valence-corrected chi connectivity index (χ0v) is 14.6. The zero-order valence-electron chi connectivity index (χ0n) is 13.9. The van der Waals surface area contributed by atoms with Crippen LogP contribution in [0.2, 0.25) is 5.02 Å². The number of aryl methyl sites for hydroxylation is 1. The first-order valence-corrected chi connectivity index (χ1v) is 8.95. The van der Waals surface area contributed by atoms with E-state index in [1.54, 1.807) is 24.3 Å². The predicted octanol–water partition coefficient (Wildman–Crippen LogP) is 3.43. The number of fused-ring (bicyclic) bond motifs is 1. The smallest absolute Gasteiger partial charge is 0.254 e. The average molecular weight is 355 g/mol. The normalized spacial score (nSPS) is 16.9. The van der Waals surface area contributed by atoms with Gasteiger partial charge in [0.2, 0.25) is 0 Å². The Labute approximate surface area is 152 Å². The molecule has 2 aromatic rings. The van der Waals surface area contributed by atoms with E-state index in [0.717, 1.165) is 36.3 Å². The van der Waals surface area contributed by atoms with E-state index >= 15 is 0 Å². The van der Waals surface area contributed by atoms with Gasteiger partial charge in [0.05, 0.1) is 0 Å². The van der Waals surface area contributed by atoms with Crippen LogP contribution in [0.3, 0.4) is 0 Å². The molecule has 0 spiro atoms. The number of ketones is 1. The van der Waals surface area contributed by atoms with Crippen molar-refractivity contribution < 1.29 is 9.59 Å². The summed E-state index contributed by atoms with van der Waals surface area (Å²) in [7, 11) is 0. The van der Waals surface area contributed by atoms with E-state index in [4.69, 9.17) is 11.6 Å². The Bertz CT molecular complexity index is 841. The molecule has 0 unspecified atom stereocenters. The van der Waals surface area contributed by atoms with Gasteiger partial charge in [-0.1, -0.05) is 17.7 Å². The maximum absolute atomic E-state index is 12.6. The molecule has 0 N–H and O–H groups in total. The minimum atomic E-state index is 0.0294. The number of rotatable bonds is 2. The maximum atomic E-state index is 12.6. The van der Waals surface area contributed by atoms with Gasteiger partial charge in [-0.15, -0.1) is 0 Å². The Morgan fingerprint density at radius 2 is 1.76 bits per heavy atom. The molecule has 1 heterocycles. The molecular weight excluding hydrogens is 336 g/mol. The van der Waals surface area contributed by atoms with Crippen LogP contribution in [0.1, 0.15) is 32.7 Å². The first kappa shape index (κ1) is 16.2. The van der Waals surface area contributed by atoms with E-state index in [1.807, 2.05) is 17.0 Å². The van der Waals surface area contributed by atoms with E-state index in [-0.39, 0.29) is 11.7 Å². The topological polar surface area (TPSA) is 40.6 Å². The SMILES string of the molecule is O=C1CCc2cc(N3CCN(C(=O)c4cccc(Cl)c4)CC3)ccc21. The van der Waals surface area contributed by atoms with Crippen molar-refractivity contribution >= 4 is 29.0 Å². The summed E-state index contributed by atoms with van der Waals surface area (Å²) in [5.74, 6) is 0.278. The Morgan fingerprint density at radius 1 is 0.960 bits per heavy atom. The number of Topliss-reactive ketones (excluding diaryl/α,β-unsaturated/α-hetero) is 1. The summed E-state index contributed by atoms with van der Waals surface area (Å²) in [5, 5.41) is 0.581. The van der Waals surface area contributed by atoms with Gasteiger partial charge in [-0.05, 0) is 48.4 Å². The fourth-order valence-electron chi connectivity index (χ4n) is 3.61. The second-order valence-corrected chi connectivity index (χ2v) is 6.99. The highest BCUT2D eigenvalue weighted by molar-refractivity contribution is 6.30. The van der Waals surface area contributed by atoms with Crippen LogP contribution in [-0.4, -0.2) is 42.8 Å². The molecular formula is C20H19ClN2O2. The predicted molar refractivity (Wildman–Crippen MR) is 98.7 cm³/mol. The Morgan fingerprint density at radius 3 is 2.52 bits per heavy atom. The standard InChI is InChI=1S/C20H19ClN2O2/c21-16-3-1-2-15(12-16)20(25)23-10-8-22(9-11-23)17-5-6-18-14(13-17)4-7-19(18)24/h1-3,5-6,12-13H,4,7-11H2. The first-order chi connectivity index (χ1) is 12.1. The van der Waals surface area contributed by atoms with Gasteiger partial charge in [0, 0.05) is 54.4 Å². The number of nitrogens with zero attached hydrogens (tertiary/aromatic N) is 2. The van der Waals surface area contributed by atoms with Crippen molar-refractivity contribution in [3.8, 4) is 0 Å². The molecule has 0 bridgehead atoms. The van der Waals surface area contributed by atoms with Crippen molar-refractivity contribution in [2.45, 2.75) is 12.8 Å². The van der Waals surface area contributed by atoms with Crippen LogP contribution in [0.4, 0.5) is 5.69 Å². The monoisotopic (exact) mass is 354 g/mol. The fourth-order valence-corrected chi connectivity index (χ4v) is 3.80. The van der Waals surface area contributed by atoms with E-state index in [9.17, 15) is 9.59 Å². The van der Waals surface area contributed by atoms with E-state index in [1.165, 1.54) is 0 Å². The van der Waals surface area contributed by atoms with Gasteiger partial charge in [0.15, 0.2) is 5.78 Å². The molecule has 25 heavy (non-hydrogen) atoms. The number of hydrogen-bond acceptors (Lipinski definition) is 3. The lowest BCUT2D eigenvalue weighted by atomic mass is 10.1. The highest BCUT2D eigenvalue weighted by atomic mass is 35.5. The number of carbonyl (C=O) groups excluding carboxylic acids is 2. The van der Waals surface area contributed by atoms with Crippen molar-refractivity contribution in [3.63, 3.8) is 0 Å². The average Bonchev–Trinajstić information content (AvgIpc) is 3.02. The number of benzene rings is 2. The van der Waals surface area contributed by atoms with Crippen molar-refractivity contribution in [1.29, 1.82) is 0 Å². The third-order valence-corrected chi connectivity index (χ3v) is 5.25. The summed E-state index contributed by atoms with van der Waals surface area (Å²) in [5.41, 5.74) is 3.80. The van der Waals surface area contributed by atoms with Gasteiger partial charge in [-0.2, -0.15) is 0 Å². The first-order valence-electron chi connectivity index (χ1n) is 8.58. The molecule has 1 aliphatic heterocycles. The molecule has 5 heteroatoms. The van der Waals surface area contributed by atoms with Crippen LogP contribution in [-0.2, 0) is 6.42 Å². The summed E-state index contributed by atoms with van der Waals surface area (Å²) < 4.78 is 0. The van der Waals surface area contributed by atoms with Gasteiger partial charge in [-0.25, -0.2) is 0 Å². The maximum Gasteiger partial charge on any atom is 0.254 e. The molecule has 4 nitrogen and oxygen atoms in total. The largest absolute Gasteiger partial charge is 0.368 e. The molecule has 0 saturated carbocycles. The number of amides is 1. The number of anilines is 1. The molecule has 0 radical (unpaired) electrons. The summed E-state index contributed by atoms with van der Waals surface area (Å²) >= 11 is 5.98. The lowest BCUT2D eigenvalue weighted by Crippen LogP contribution is -2.48. The summed E-state index contributed by atoms with van der Waals surface area (Å²) in [6, 6.07) is 13.2. The molecule has 4 rings (SSSR count). The lowest BCUT2D eigenvalue weighted by Gasteiger charge is -2.36. The van der Waals surface area contributed by atoms with Gasteiger partial charge in [0.1, 0.15) is 0 Å². The van der Waals surface area contributed by atoms with Crippen molar-refractivity contribution in [2.75, 3.05) is 31.1 Å². The van der Waals surface area contributed by atoms with Crippen LogP contribution < -0.4 is 4.90 Å². The molecule has 1 amide bonds. The summed E-state index contributed by atoms with van der Waals surface area (Å²) in [6.07, 6.45) is 1.47. The number of hydrogen-bond donors (Lipinski definition) is 0. The minimum absolute atomic E-state index is 0.0294. The van der Waals surface area contributed by atoms with Gasteiger partial charge in [0.25, 0.3) is 5.91 Å². The Hall–Kier alpha value is -2.33. The van der Waals surface area contributed by atoms with Crippen LogP contribution >= 0.6 is 11.6 Å². The molecule has 0 atom stereocenters. The third kappa shape index (κ3) is 3.14. The van der Waals surface area contributed by atoms with Crippen molar-refractivity contribution in [2.24, 2.45) is 0 Å². The lowest BCUT2D eigenvalue weighted by molar-refractivity contribution is 0.0746.